The maximum atomic E-state index is 11.9. The lowest BCUT2D eigenvalue weighted by molar-refractivity contribution is 0.0297. The van der Waals surface area contributed by atoms with Crippen LogP contribution in [0.15, 0.2) is 24.3 Å². The highest BCUT2D eigenvalue weighted by Gasteiger charge is 2.12. The molecule has 0 bridgehead atoms. The molecule has 0 amide bonds. The zero-order chi connectivity index (χ0) is 20.2. The third-order valence-electron chi connectivity index (χ3n) is 4.89. The summed E-state index contributed by atoms with van der Waals surface area (Å²) in [5.41, 5.74) is 0.478. The molecular formula is C22H34O5. The van der Waals surface area contributed by atoms with Crippen LogP contribution in [0.4, 0.5) is 0 Å². The zero-order valence-electron chi connectivity index (χ0n) is 17.1. The SMILES string of the molecule is CCC(C)CC(C)CC(C)CCOCCOC(=O)c1ccc(C(=O)O)cc1. The molecule has 0 aliphatic rings. The number of carboxylic acids is 1. The fraction of sp³-hybridized carbons (Fsp3) is 0.636. The average Bonchev–Trinajstić information content (AvgIpc) is 2.64. The highest BCUT2D eigenvalue weighted by Crippen LogP contribution is 2.22. The van der Waals surface area contributed by atoms with E-state index < -0.39 is 11.9 Å². The van der Waals surface area contributed by atoms with E-state index in [1.165, 1.54) is 43.5 Å². The molecule has 0 saturated carbocycles. The molecule has 0 aliphatic heterocycles. The lowest BCUT2D eigenvalue weighted by Gasteiger charge is -2.20. The molecule has 1 aromatic rings. The number of carbonyl (C=O) groups is 2. The third-order valence-corrected chi connectivity index (χ3v) is 4.89. The summed E-state index contributed by atoms with van der Waals surface area (Å²) in [4.78, 5) is 22.7. The molecule has 1 N–H and O–H groups in total. The molecule has 5 heteroatoms. The van der Waals surface area contributed by atoms with Crippen molar-refractivity contribution in [2.45, 2.75) is 53.4 Å². The molecule has 0 spiro atoms. The van der Waals surface area contributed by atoms with Gasteiger partial charge >= 0.3 is 11.9 Å². The molecule has 0 aromatic heterocycles. The second-order valence-corrected chi connectivity index (χ2v) is 7.61. The van der Waals surface area contributed by atoms with Gasteiger partial charge in [-0.15, -0.1) is 0 Å². The number of aromatic carboxylic acids is 1. The summed E-state index contributed by atoms with van der Waals surface area (Å²) < 4.78 is 10.7. The summed E-state index contributed by atoms with van der Waals surface area (Å²) in [5.74, 6) is 0.663. The van der Waals surface area contributed by atoms with Crippen LogP contribution in [-0.4, -0.2) is 36.9 Å². The monoisotopic (exact) mass is 378 g/mol. The molecule has 3 atom stereocenters. The van der Waals surface area contributed by atoms with Gasteiger partial charge in [0.2, 0.25) is 0 Å². The van der Waals surface area contributed by atoms with E-state index in [2.05, 4.69) is 27.7 Å². The van der Waals surface area contributed by atoms with Crippen molar-refractivity contribution >= 4 is 11.9 Å². The average molecular weight is 379 g/mol. The Balaban J connectivity index is 2.14. The first-order chi connectivity index (χ1) is 12.8. The molecule has 0 heterocycles. The predicted octanol–water partition coefficient (Wildman–Crippen LogP) is 5.05. The Hall–Kier alpha value is -1.88. The lowest BCUT2D eigenvalue weighted by Crippen LogP contribution is -2.13. The van der Waals surface area contributed by atoms with Gasteiger partial charge in [0.15, 0.2) is 0 Å². The van der Waals surface area contributed by atoms with Crippen LogP contribution in [0.25, 0.3) is 0 Å². The Kier molecular flexibility index (Phi) is 10.7. The van der Waals surface area contributed by atoms with Crippen molar-refractivity contribution in [1.29, 1.82) is 0 Å². The predicted molar refractivity (Wildman–Crippen MR) is 106 cm³/mol. The van der Waals surface area contributed by atoms with Crippen LogP contribution in [0.5, 0.6) is 0 Å². The van der Waals surface area contributed by atoms with E-state index in [0.29, 0.717) is 24.7 Å². The lowest BCUT2D eigenvalue weighted by atomic mass is 9.87. The summed E-state index contributed by atoms with van der Waals surface area (Å²) in [6.45, 7) is 10.4. The molecule has 3 unspecified atom stereocenters. The second-order valence-electron chi connectivity index (χ2n) is 7.61. The van der Waals surface area contributed by atoms with Crippen LogP contribution in [0, 0.1) is 17.8 Å². The molecular weight excluding hydrogens is 344 g/mol. The first-order valence-corrected chi connectivity index (χ1v) is 9.91. The van der Waals surface area contributed by atoms with Gasteiger partial charge in [-0.05, 0) is 61.3 Å². The molecule has 5 nitrogen and oxygen atoms in total. The van der Waals surface area contributed by atoms with Crippen molar-refractivity contribution < 1.29 is 24.2 Å². The van der Waals surface area contributed by atoms with Crippen molar-refractivity contribution in [3.05, 3.63) is 35.4 Å². The maximum Gasteiger partial charge on any atom is 0.338 e. The van der Waals surface area contributed by atoms with Crippen LogP contribution in [-0.2, 0) is 9.47 Å². The largest absolute Gasteiger partial charge is 0.478 e. The Bertz CT molecular complexity index is 567. The van der Waals surface area contributed by atoms with Crippen molar-refractivity contribution in [1.82, 2.24) is 0 Å². The van der Waals surface area contributed by atoms with Gasteiger partial charge in [-0.1, -0.05) is 34.1 Å². The third kappa shape index (κ3) is 9.57. The molecule has 0 saturated heterocycles. The van der Waals surface area contributed by atoms with Gasteiger partial charge in [0.1, 0.15) is 6.61 Å². The maximum absolute atomic E-state index is 11.9. The van der Waals surface area contributed by atoms with Crippen molar-refractivity contribution in [3.8, 4) is 0 Å². The van der Waals surface area contributed by atoms with Gasteiger partial charge in [-0.3, -0.25) is 0 Å². The van der Waals surface area contributed by atoms with E-state index in [-0.39, 0.29) is 12.2 Å². The van der Waals surface area contributed by atoms with Crippen LogP contribution < -0.4 is 0 Å². The summed E-state index contributed by atoms with van der Waals surface area (Å²) in [6, 6.07) is 5.68. The van der Waals surface area contributed by atoms with E-state index in [9.17, 15) is 9.59 Å². The van der Waals surface area contributed by atoms with Crippen LogP contribution in [0.1, 0.15) is 74.1 Å². The number of carboxylic acid groups (broad SMARTS) is 1. The minimum absolute atomic E-state index is 0.141. The minimum Gasteiger partial charge on any atom is -0.478 e. The molecule has 1 rings (SSSR count). The van der Waals surface area contributed by atoms with Crippen molar-refractivity contribution in [2.75, 3.05) is 19.8 Å². The first-order valence-electron chi connectivity index (χ1n) is 9.91. The van der Waals surface area contributed by atoms with E-state index in [1.54, 1.807) is 0 Å². The van der Waals surface area contributed by atoms with E-state index in [4.69, 9.17) is 14.6 Å². The van der Waals surface area contributed by atoms with Gasteiger partial charge in [-0.2, -0.15) is 0 Å². The van der Waals surface area contributed by atoms with Gasteiger partial charge in [-0.25, -0.2) is 9.59 Å². The number of benzene rings is 1. The quantitative estimate of drug-likeness (QED) is 0.384. The van der Waals surface area contributed by atoms with E-state index in [0.717, 1.165) is 18.3 Å². The highest BCUT2D eigenvalue weighted by atomic mass is 16.6. The highest BCUT2D eigenvalue weighted by molar-refractivity contribution is 5.92. The normalized spacial score (nSPS) is 14.4. The summed E-state index contributed by atoms with van der Waals surface area (Å²) in [7, 11) is 0. The second kappa shape index (κ2) is 12.5. The molecule has 27 heavy (non-hydrogen) atoms. The Morgan fingerprint density at radius 3 is 2.07 bits per heavy atom. The summed E-state index contributed by atoms with van der Waals surface area (Å²) in [5, 5.41) is 8.84. The molecule has 0 radical (unpaired) electrons. The number of rotatable bonds is 13. The van der Waals surface area contributed by atoms with Gasteiger partial charge in [0.25, 0.3) is 0 Å². The van der Waals surface area contributed by atoms with Gasteiger partial charge in [0, 0.05) is 6.61 Å². The van der Waals surface area contributed by atoms with Gasteiger partial charge in [0.05, 0.1) is 17.7 Å². The topological polar surface area (TPSA) is 72.8 Å². The number of hydrogen-bond acceptors (Lipinski definition) is 4. The first kappa shape index (κ1) is 23.2. The molecule has 0 fully saturated rings. The smallest absolute Gasteiger partial charge is 0.338 e. The van der Waals surface area contributed by atoms with E-state index >= 15 is 0 Å². The summed E-state index contributed by atoms with van der Waals surface area (Å²) >= 11 is 0. The van der Waals surface area contributed by atoms with Gasteiger partial charge < -0.3 is 14.6 Å². The van der Waals surface area contributed by atoms with Crippen LogP contribution in [0.2, 0.25) is 0 Å². The fourth-order valence-corrected chi connectivity index (χ4v) is 3.17. The standard InChI is InChI=1S/C22H34O5/c1-5-16(2)14-18(4)15-17(3)10-11-26-12-13-27-22(25)20-8-6-19(7-9-20)21(23)24/h6-9,16-18H,5,10-15H2,1-4H3,(H,23,24). The molecule has 0 aliphatic carbocycles. The Labute approximate surface area is 163 Å². The minimum atomic E-state index is -1.02. The number of hydrogen-bond donors (Lipinski definition) is 1. The van der Waals surface area contributed by atoms with Crippen LogP contribution >= 0.6 is 0 Å². The summed E-state index contributed by atoms with van der Waals surface area (Å²) in [6.07, 6.45) is 4.75. The Morgan fingerprint density at radius 2 is 1.48 bits per heavy atom. The van der Waals surface area contributed by atoms with Crippen molar-refractivity contribution in [2.24, 2.45) is 17.8 Å². The van der Waals surface area contributed by atoms with Crippen molar-refractivity contribution in [3.63, 3.8) is 0 Å². The number of carbonyl (C=O) groups excluding carboxylic acids is 1. The van der Waals surface area contributed by atoms with Crippen LogP contribution in [0.3, 0.4) is 0 Å². The van der Waals surface area contributed by atoms with E-state index in [1.807, 2.05) is 0 Å². The zero-order valence-corrected chi connectivity index (χ0v) is 17.1. The fourth-order valence-electron chi connectivity index (χ4n) is 3.17. The molecule has 152 valence electrons. The number of esters is 1. The number of ether oxygens (including phenoxy) is 2. The molecule has 1 aromatic carbocycles. The Morgan fingerprint density at radius 1 is 0.889 bits per heavy atom.